The molecular weight excluding hydrogens is 552 g/mol. The zero-order valence-corrected chi connectivity index (χ0v) is 23.5. The molecule has 0 atom stereocenters. The van der Waals surface area contributed by atoms with Crippen LogP contribution in [0.25, 0.3) is 27.5 Å². The molecule has 210 valence electrons. The third-order valence-electron chi connectivity index (χ3n) is 7.04. The molecule has 4 aromatic carbocycles. The van der Waals surface area contributed by atoms with Gasteiger partial charge in [0, 0.05) is 34.4 Å². The lowest BCUT2D eigenvalue weighted by Gasteiger charge is -2.16. The van der Waals surface area contributed by atoms with Crippen LogP contribution in [-0.2, 0) is 9.84 Å². The first kappa shape index (κ1) is 26.8. The fourth-order valence-corrected chi connectivity index (χ4v) is 6.28. The number of pyridine rings is 1. The van der Waals surface area contributed by atoms with Crippen LogP contribution in [0.4, 0.5) is 17.1 Å². The number of carbonyl (C=O) groups excluding carboxylic acids is 1. The number of anilines is 3. The molecule has 42 heavy (non-hydrogen) atoms. The molecule has 0 spiro atoms. The Morgan fingerprint density at radius 2 is 1.74 bits per heavy atom. The molecule has 0 aliphatic carbocycles. The lowest BCUT2D eigenvalue weighted by molar-refractivity contribution is 0.100. The number of hydrogen-bond donors (Lipinski definition) is 3. The Kier molecular flexibility index (Phi) is 6.51. The first-order chi connectivity index (χ1) is 20.2. The summed E-state index contributed by atoms with van der Waals surface area (Å²) in [6.45, 7) is 1.77. The zero-order valence-electron chi connectivity index (χ0n) is 22.7. The Hall–Kier alpha value is -5.42. The van der Waals surface area contributed by atoms with Crippen molar-refractivity contribution in [2.45, 2.75) is 16.7 Å². The van der Waals surface area contributed by atoms with E-state index in [9.17, 15) is 13.2 Å². The predicted molar refractivity (Wildman–Crippen MR) is 162 cm³/mol. The van der Waals surface area contributed by atoms with Gasteiger partial charge >= 0.3 is 0 Å². The Balaban J connectivity index is 1.51. The fraction of sp³-hybridized carbons (Fsp3) is 0.0645. The summed E-state index contributed by atoms with van der Waals surface area (Å²) in [6.07, 6.45) is 3.07. The van der Waals surface area contributed by atoms with Crippen molar-refractivity contribution in [1.82, 2.24) is 14.8 Å². The molecule has 6 rings (SSSR count). The van der Waals surface area contributed by atoms with E-state index in [1.54, 1.807) is 85.6 Å². The van der Waals surface area contributed by atoms with Crippen molar-refractivity contribution in [3.8, 4) is 11.4 Å². The highest BCUT2D eigenvalue weighted by molar-refractivity contribution is 7.91. The minimum Gasteiger partial charge on any atom is -0.497 e. The Morgan fingerprint density at radius 1 is 0.952 bits per heavy atom. The summed E-state index contributed by atoms with van der Waals surface area (Å²) in [7, 11) is -2.46. The highest BCUT2D eigenvalue weighted by Crippen LogP contribution is 2.35. The van der Waals surface area contributed by atoms with Gasteiger partial charge in [-0.3, -0.25) is 9.78 Å². The summed E-state index contributed by atoms with van der Waals surface area (Å²) in [6, 6.07) is 22.2. The van der Waals surface area contributed by atoms with Gasteiger partial charge in [-0.05, 0) is 79.2 Å². The normalized spacial score (nSPS) is 11.6. The van der Waals surface area contributed by atoms with Gasteiger partial charge in [0.05, 0.1) is 51.1 Å². The molecule has 0 fully saturated rings. The maximum Gasteiger partial charge on any atom is 0.252 e. The molecule has 2 heterocycles. The van der Waals surface area contributed by atoms with Crippen molar-refractivity contribution in [3.63, 3.8) is 0 Å². The number of nitrogens with two attached hydrogens (primary N) is 2. The smallest absolute Gasteiger partial charge is 0.252 e. The Labute approximate surface area is 241 Å². The van der Waals surface area contributed by atoms with Gasteiger partial charge in [0.2, 0.25) is 9.84 Å². The van der Waals surface area contributed by atoms with Crippen LogP contribution in [0.2, 0.25) is 0 Å². The number of amides is 1. The van der Waals surface area contributed by atoms with E-state index in [0.29, 0.717) is 44.8 Å². The van der Waals surface area contributed by atoms with Crippen molar-refractivity contribution < 1.29 is 17.9 Å². The van der Waals surface area contributed by atoms with Crippen molar-refractivity contribution in [3.05, 3.63) is 102 Å². The number of aryl methyl sites for hydroxylation is 1. The van der Waals surface area contributed by atoms with Gasteiger partial charge in [-0.25, -0.2) is 13.1 Å². The van der Waals surface area contributed by atoms with E-state index in [0.717, 1.165) is 11.1 Å². The zero-order chi connectivity index (χ0) is 29.6. The molecule has 11 heteroatoms. The molecule has 5 N–H and O–H groups in total. The first-order valence-electron chi connectivity index (χ1n) is 12.9. The van der Waals surface area contributed by atoms with Gasteiger partial charge in [0.25, 0.3) is 5.91 Å². The van der Waals surface area contributed by atoms with Gasteiger partial charge in [-0.15, -0.1) is 0 Å². The molecule has 10 nitrogen and oxygen atoms in total. The molecular formula is C31H26N6O4S. The van der Waals surface area contributed by atoms with Crippen LogP contribution >= 0.6 is 0 Å². The van der Waals surface area contributed by atoms with Gasteiger partial charge in [-0.2, -0.15) is 5.10 Å². The average molecular weight is 579 g/mol. The largest absolute Gasteiger partial charge is 0.497 e. The number of nitrogen functional groups attached to an aromatic ring is 1. The Morgan fingerprint density at radius 3 is 2.48 bits per heavy atom. The molecule has 0 radical (unpaired) electrons. The molecule has 0 bridgehead atoms. The topological polar surface area (TPSA) is 155 Å². The molecule has 0 aliphatic heterocycles. The van der Waals surface area contributed by atoms with E-state index in [1.165, 1.54) is 12.3 Å². The molecule has 0 saturated heterocycles. The number of nitrogens with zero attached hydrogens (tertiary/aromatic N) is 3. The van der Waals surface area contributed by atoms with Gasteiger partial charge in [0.1, 0.15) is 5.75 Å². The monoisotopic (exact) mass is 578 g/mol. The number of fused-ring (bicyclic) bond motifs is 2. The standard InChI is InChI=1S/C31H26N6O4S/c1-18-12-25(14-26-29(18)34-17-27(31(33)38)30(26)36-21-4-3-5-23(13-21)41-2)42(39,40)24-11-6-19-16-35-37(28(19)15-24)22-9-7-20(32)8-10-22/h3-17H,32H2,1-2H3,(H2,33,38)(H,34,36). The van der Waals surface area contributed by atoms with E-state index in [4.69, 9.17) is 16.2 Å². The lowest BCUT2D eigenvalue weighted by Crippen LogP contribution is -2.14. The summed E-state index contributed by atoms with van der Waals surface area (Å²) in [5.41, 5.74) is 15.7. The number of ether oxygens (including phenoxy) is 1. The van der Waals surface area contributed by atoms with E-state index < -0.39 is 15.7 Å². The second-order valence-corrected chi connectivity index (χ2v) is 11.7. The third-order valence-corrected chi connectivity index (χ3v) is 8.77. The van der Waals surface area contributed by atoms with Gasteiger partial charge < -0.3 is 21.5 Å². The number of sulfone groups is 1. The van der Waals surface area contributed by atoms with Crippen LogP contribution in [0, 0.1) is 6.92 Å². The summed E-state index contributed by atoms with van der Waals surface area (Å²) >= 11 is 0. The minimum absolute atomic E-state index is 0.0440. The van der Waals surface area contributed by atoms with E-state index in [1.807, 2.05) is 12.1 Å². The van der Waals surface area contributed by atoms with Crippen molar-refractivity contribution in [1.29, 1.82) is 0 Å². The first-order valence-corrected chi connectivity index (χ1v) is 14.4. The van der Waals surface area contributed by atoms with Crippen LogP contribution in [0.1, 0.15) is 15.9 Å². The third kappa shape index (κ3) is 4.65. The van der Waals surface area contributed by atoms with Gasteiger partial charge in [0.15, 0.2) is 0 Å². The maximum atomic E-state index is 14.1. The van der Waals surface area contributed by atoms with Crippen molar-refractivity contribution in [2.24, 2.45) is 5.73 Å². The summed E-state index contributed by atoms with van der Waals surface area (Å²) in [5.74, 6) is -0.103. The molecule has 6 aromatic rings. The van der Waals surface area contributed by atoms with Crippen LogP contribution in [0.3, 0.4) is 0 Å². The van der Waals surface area contributed by atoms with Crippen LogP contribution in [0.5, 0.6) is 5.75 Å². The van der Waals surface area contributed by atoms with E-state index in [-0.39, 0.29) is 15.4 Å². The molecule has 0 saturated carbocycles. The summed E-state index contributed by atoms with van der Waals surface area (Å²) < 4.78 is 35.1. The van der Waals surface area contributed by atoms with Crippen LogP contribution < -0.4 is 21.5 Å². The average Bonchev–Trinajstić information content (AvgIpc) is 3.41. The molecule has 0 unspecified atom stereocenters. The quantitative estimate of drug-likeness (QED) is 0.220. The number of carbonyl (C=O) groups is 1. The summed E-state index contributed by atoms with van der Waals surface area (Å²) in [5, 5.41) is 8.89. The van der Waals surface area contributed by atoms with E-state index in [2.05, 4.69) is 15.4 Å². The number of hydrogen-bond acceptors (Lipinski definition) is 8. The number of aromatic nitrogens is 3. The fourth-order valence-electron chi connectivity index (χ4n) is 4.89. The SMILES string of the molecule is COc1cccc(Nc2c(C(N)=O)cnc3c(C)cc(S(=O)(=O)c4ccc5cnn(-c6ccc(N)cc6)c5c4)cc23)c1. The van der Waals surface area contributed by atoms with Crippen molar-refractivity contribution in [2.75, 3.05) is 18.2 Å². The minimum atomic E-state index is -4.01. The van der Waals surface area contributed by atoms with E-state index >= 15 is 0 Å². The second-order valence-electron chi connectivity index (χ2n) is 9.78. The number of nitrogens with one attached hydrogen (secondary N) is 1. The number of primary amides is 1. The molecule has 0 aliphatic rings. The highest BCUT2D eigenvalue weighted by atomic mass is 32.2. The van der Waals surface area contributed by atoms with Gasteiger partial charge in [-0.1, -0.05) is 6.07 Å². The number of rotatable bonds is 7. The van der Waals surface area contributed by atoms with Crippen molar-refractivity contribution >= 4 is 54.6 Å². The molecule has 1 amide bonds. The lowest BCUT2D eigenvalue weighted by atomic mass is 10.1. The summed E-state index contributed by atoms with van der Waals surface area (Å²) in [4.78, 5) is 17.0. The van der Waals surface area contributed by atoms with Crippen LogP contribution in [0.15, 0.2) is 101 Å². The molecule has 2 aromatic heterocycles. The highest BCUT2D eigenvalue weighted by Gasteiger charge is 2.23. The maximum absolute atomic E-state index is 14.1. The number of benzene rings is 4. The second kappa shape index (κ2) is 10.2. The predicted octanol–water partition coefficient (Wildman–Crippen LogP) is 5.15. The Bertz CT molecular complexity index is 2120. The number of methoxy groups -OCH3 is 1. The van der Waals surface area contributed by atoms with Crippen LogP contribution in [-0.4, -0.2) is 36.2 Å².